The number of ether oxygens (including phenoxy) is 2. The van der Waals surface area contributed by atoms with Gasteiger partial charge in [0.1, 0.15) is 12.7 Å². The normalized spacial score (nSPS) is 11.2. The third-order valence-corrected chi connectivity index (χ3v) is 1.04. The Labute approximate surface area is 95.0 Å². The smallest absolute Gasteiger partial charge is 0.388 e. The van der Waals surface area contributed by atoms with Crippen molar-refractivity contribution in [2.24, 2.45) is 0 Å². The highest BCUT2D eigenvalue weighted by Gasteiger charge is 2.02. The first-order valence-corrected chi connectivity index (χ1v) is 5.30. The Hall–Kier alpha value is -0.570. The van der Waals surface area contributed by atoms with Crippen LogP contribution in [0.3, 0.4) is 0 Å². The predicted octanol–water partition coefficient (Wildman–Crippen LogP) is 1.34. The van der Waals surface area contributed by atoms with Crippen LogP contribution in [-0.2, 0) is 9.47 Å². The van der Waals surface area contributed by atoms with Gasteiger partial charge in [-0.3, -0.25) is 0 Å². The number of hydrogen-bond acceptors (Lipinski definition) is 4. The molecule has 0 aromatic carbocycles. The summed E-state index contributed by atoms with van der Waals surface area (Å²) in [5, 5.41) is 9.15. The van der Waals surface area contributed by atoms with Crippen molar-refractivity contribution in [3.8, 4) is 12.3 Å². The van der Waals surface area contributed by atoms with E-state index >= 15 is 0 Å². The molecule has 0 aliphatic heterocycles. The number of aliphatic hydroxyl groups is 1. The molecule has 4 nitrogen and oxygen atoms in total. The average molecular weight is 256 g/mol. The second-order valence-electron chi connectivity index (χ2n) is 2.41. The van der Waals surface area contributed by atoms with Gasteiger partial charge in [0, 0.05) is 0 Å². The molecule has 0 rings (SSSR count). The molecule has 0 aliphatic rings. The highest BCUT2D eigenvalue weighted by molar-refractivity contribution is 7.39. The molecule has 0 aromatic heterocycles. The molecule has 16 heavy (non-hydrogen) atoms. The zero-order valence-electron chi connectivity index (χ0n) is 8.68. The molecular formula is C9H15F2O4P. The van der Waals surface area contributed by atoms with Crippen LogP contribution in [0, 0.1) is 12.3 Å². The Balaban J connectivity index is 0. The minimum Gasteiger partial charge on any atom is -0.388 e. The molecule has 0 heterocycles. The lowest BCUT2D eigenvalue weighted by Gasteiger charge is -2.09. The largest absolute Gasteiger partial charge is 0.412 e. The monoisotopic (exact) mass is 256 g/mol. The maximum Gasteiger partial charge on any atom is 0.412 e. The van der Waals surface area contributed by atoms with E-state index in [1.54, 1.807) is 6.08 Å². The van der Waals surface area contributed by atoms with Crippen LogP contribution in [0.1, 0.15) is 0 Å². The van der Waals surface area contributed by atoms with E-state index < -0.39 is 14.9 Å². The molecule has 0 fully saturated rings. The van der Waals surface area contributed by atoms with Crippen molar-refractivity contribution in [3.63, 3.8) is 0 Å². The summed E-state index contributed by atoms with van der Waals surface area (Å²) in [6, 6.07) is 0. The Morgan fingerprint density at radius 3 is 2.38 bits per heavy atom. The Kier molecular flexibility index (Phi) is 16.1. The summed E-state index contributed by atoms with van der Waals surface area (Å²) in [7, 11) is -3.62. The van der Waals surface area contributed by atoms with Crippen molar-refractivity contribution < 1.29 is 27.9 Å². The summed E-state index contributed by atoms with van der Waals surface area (Å²) in [5.74, 6) is 2.30. The molecule has 0 aliphatic carbocycles. The maximum absolute atomic E-state index is 9.95. The molecule has 2 N–H and O–H groups in total. The summed E-state index contributed by atoms with van der Waals surface area (Å²) in [5.41, 5.74) is 0. The summed E-state index contributed by atoms with van der Waals surface area (Å²) in [6.45, 7) is 4.58. The topological polar surface area (TPSA) is 58.9 Å². The van der Waals surface area contributed by atoms with Crippen molar-refractivity contribution in [3.05, 3.63) is 12.7 Å². The van der Waals surface area contributed by atoms with Gasteiger partial charge in [0.15, 0.2) is 0 Å². The Bertz CT molecular complexity index is 194. The van der Waals surface area contributed by atoms with Gasteiger partial charge in [-0.1, -0.05) is 12.0 Å². The van der Waals surface area contributed by atoms with Gasteiger partial charge in [0.25, 0.3) is 0 Å². The molecular weight excluding hydrogens is 241 g/mol. The summed E-state index contributed by atoms with van der Waals surface area (Å²) in [4.78, 5) is 6.79. The molecule has 0 spiro atoms. The van der Waals surface area contributed by atoms with Gasteiger partial charge >= 0.3 is 8.77 Å². The van der Waals surface area contributed by atoms with Gasteiger partial charge in [0.2, 0.25) is 0 Å². The number of aliphatic hydroxyl groups excluding tert-OH is 1. The van der Waals surface area contributed by atoms with Gasteiger partial charge in [-0.05, 0) is 0 Å². The number of hydrogen-bond donors (Lipinski definition) is 2. The first kappa shape index (κ1) is 17.8. The summed E-state index contributed by atoms with van der Waals surface area (Å²) in [6.07, 6.45) is 5.94. The minimum atomic E-state index is -3.62. The van der Waals surface area contributed by atoms with E-state index in [-0.39, 0.29) is 19.8 Å². The fourth-order valence-corrected chi connectivity index (χ4v) is 0.589. The molecule has 0 amide bonds. The van der Waals surface area contributed by atoms with Gasteiger partial charge in [-0.15, -0.1) is 13.0 Å². The summed E-state index contributed by atoms with van der Waals surface area (Å²) < 4.78 is 29.8. The van der Waals surface area contributed by atoms with Crippen molar-refractivity contribution >= 4 is 8.77 Å². The molecule has 0 bridgehead atoms. The molecule has 1 unspecified atom stereocenters. The summed E-state index contributed by atoms with van der Waals surface area (Å²) >= 11 is 0. The molecule has 0 aromatic rings. The second kappa shape index (κ2) is 14.4. The van der Waals surface area contributed by atoms with Crippen LogP contribution >= 0.6 is 8.77 Å². The molecule has 94 valence electrons. The van der Waals surface area contributed by atoms with Crippen LogP contribution < -0.4 is 0 Å². The predicted molar refractivity (Wildman–Crippen MR) is 58.0 cm³/mol. The zero-order valence-corrected chi connectivity index (χ0v) is 9.58. The van der Waals surface area contributed by atoms with Crippen LogP contribution in [0.25, 0.3) is 0 Å². The third kappa shape index (κ3) is 23.3. The highest BCUT2D eigenvalue weighted by Crippen LogP contribution is 2.31. The van der Waals surface area contributed by atoms with Crippen LogP contribution in [-0.4, -0.2) is 42.5 Å². The minimum absolute atomic E-state index is 0.210. The van der Waals surface area contributed by atoms with Crippen molar-refractivity contribution in [2.45, 2.75) is 6.10 Å². The van der Waals surface area contributed by atoms with Crippen LogP contribution in [0.5, 0.6) is 0 Å². The molecule has 0 radical (unpaired) electrons. The number of rotatable bonds is 7. The maximum atomic E-state index is 9.95. The SMILES string of the molecule is C#CCOCC(O)COCC=C.OP(F)F. The quantitative estimate of drug-likeness (QED) is 0.312. The van der Waals surface area contributed by atoms with Gasteiger partial charge in [0.05, 0.1) is 19.8 Å². The van der Waals surface area contributed by atoms with Crippen LogP contribution in [0.15, 0.2) is 12.7 Å². The Morgan fingerprint density at radius 2 is 1.94 bits per heavy atom. The molecule has 7 heteroatoms. The van der Waals surface area contributed by atoms with E-state index in [9.17, 15) is 8.39 Å². The lowest BCUT2D eigenvalue weighted by atomic mass is 10.4. The first-order chi connectivity index (χ1) is 7.54. The van der Waals surface area contributed by atoms with Gasteiger partial charge in [-0.25, -0.2) is 0 Å². The van der Waals surface area contributed by atoms with Crippen LogP contribution in [0.2, 0.25) is 0 Å². The number of halogens is 2. The lowest BCUT2D eigenvalue weighted by molar-refractivity contribution is -0.00543. The third-order valence-electron chi connectivity index (χ3n) is 1.04. The van der Waals surface area contributed by atoms with E-state index in [0.717, 1.165) is 0 Å². The van der Waals surface area contributed by atoms with E-state index in [0.29, 0.717) is 6.61 Å². The molecule has 1 atom stereocenters. The zero-order chi connectivity index (χ0) is 12.8. The average Bonchev–Trinajstić information content (AvgIpc) is 2.18. The molecule has 0 saturated heterocycles. The number of terminal acetylenes is 1. The van der Waals surface area contributed by atoms with E-state index in [4.69, 9.17) is 25.9 Å². The van der Waals surface area contributed by atoms with E-state index in [1.165, 1.54) is 0 Å². The standard InChI is InChI=1S/C9H14O3.F2HOP/c1-3-5-11-7-9(10)8-12-6-4-2;1-4(2)3/h1,4,9-10H,2,5-8H2;3H. The second-order valence-corrected chi connectivity index (χ2v) is 2.84. The highest BCUT2D eigenvalue weighted by atomic mass is 31.2. The van der Waals surface area contributed by atoms with Crippen molar-refractivity contribution in [2.75, 3.05) is 26.4 Å². The fraction of sp³-hybridized carbons (Fsp3) is 0.556. The van der Waals surface area contributed by atoms with Crippen molar-refractivity contribution in [1.82, 2.24) is 0 Å². The Morgan fingerprint density at radius 1 is 1.44 bits per heavy atom. The fourth-order valence-electron chi connectivity index (χ4n) is 0.589. The van der Waals surface area contributed by atoms with E-state index in [2.05, 4.69) is 12.5 Å². The van der Waals surface area contributed by atoms with Gasteiger partial charge in [-0.2, -0.15) is 8.39 Å². The first-order valence-electron chi connectivity index (χ1n) is 4.23. The van der Waals surface area contributed by atoms with E-state index in [1.807, 2.05) is 0 Å². The lowest BCUT2D eigenvalue weighted by Crippen LogP contribution is -2.21. The van der Waals surface area contributed by atoms with Crippen molar-refractivity contribution in [1.29, 1.82) is 0 Å². The molecule has 0 saturated carbocycles. The van der Waals surface area contributed by atoms with Crippen LogP contribution in [0.4, 0.5) is 8.39 Å². The van der Waals surface area contributed by atoms with Gasteiger partial charge < -0.3 is 19.5 Å².